The van der Waals surface area contributed by atoms with E-state index in [1.807, 2.05) is 39.0 Å². The van der Waals surface area contributed by atoms with Gasteiger partial charge in [0.15, 0.2) is 5.16 Å². The van der Waals surface area contributed by atoms with Crippen molar-refractivity contribution in [2.75, 3.05) is 5.32 Å². The molecule has 7 nitrogen and oxygen atoms in total. The third kappa shape index (κ3) is 4.56. The lowest BCUT2D eigenvalue weighted by Gasteiger charge is -2.16. The van der Waals surface area contributed by atoms with E-state index in [0.29, 0.717) is 15.4 Å². The number of aromatic nitrogens is 4. The molecule has 1 atom stereocenters. The van der Waals surface area contributed by atoms with Crippen LogP contribution in [0.2, 0.25) is 0 Å². The predicted octanol–water partition coefficient (Wildman–Crippen LogP) is 4.84. The standard InChI is InChI=1S/C24H25N5O2S2/c1-6-18-15(4)32-21-19(18)22(31)29(17-9-8-13(2)14(3)12-17)24(28-21)33-16(5)20(30)27-23-25-10-7-11-26-23/h7-12,16H,6H2,1-5H3,(H,25,26,27,30). The molecule has 0 aliphatic heterocycles. The van der Waals surface area contributed by atoms with E-state index >= 15 is 0 Å². The van der Waals surface area contributed by atoms with E-state index in [1.54, 1.807) is 30.0 Å². The third-order valence-corrected chi connectivity index (χ3v) is 7.64. The zero-order chi connectivity index (χ0) is 23.7. The maximum atomic E-state index is 13.8. The van der Waals surface area contributed by atoms with Gasteiger partial charge in [-0.15, -0.1) is 11.3 Å². The second-order valence-corrected chi connectivity index (χ2v) is 10.3. The van der Waals surface area contributed by atoms with Crippen LogP contribution in [0.15, 0.2) is 46.6 Å². The maximum absolute atomic E-state index is 13.8. The van der Waals surface area contributed by atoms with E-state index in [1.165, 1.54) is 23.1 Å². The predicted molar refractivity (Wildman–Crippen MR) is 135 cm³/mol. The quantitative estimate of drug-likeness (QED) is 0.314. The molecule has 1 amide bonds. The van der Waals surface area contributed by atoms with Gasteiger partial charge in [-0.05, 0) is 69.0 Å². The first-order valence-electron chi connectivity index (χ1n) is 10.7. The molecule has 0 saturated heterocycles. The molecule has 1 N–H and O–H groups in total. The lowest BCUT2D eigenvalue weighted by Crippen LogP contribution is -2.27. The lowest BCUT2D eigenvalue weighted by atomic mass is 10.1. The fourth-order valence-corrected chi connectivity index (χ4v) is 5.66. The molecule has 9 heteroatoms. The maximum Gasteiger partial charge on any atom is 0.267 e. The van der Waals surface area contributed by atoms with Crippen molar-refractivity contribution in [1.82, 2.24) is 19.5 Å². The number of aryl methyl sites for hydroxylation is 4. The number of thiophene rings is 1. The number of carbonyl (C=O) groups excluding carboxylic acids is 1. The van der Waals surface area contributed by atoms with Crippen LogP contribution in [0.25, 0.3) is 15.9 Å². The number of rotatable bonds is 6. The third-order valence-electron chi connectivity index (χ3n) is 5.55. The van der Waals surface area contributed by atoms with Crippen LogP contribution in [-0.4, -0.2) is 30.7 Å². The summed E-state index contributed by atoms with van der Waals surface area (Å²) >= 11 is 2.77. The molecule has 1 unspecified atom stereocenters. The van der Waals surface area contributed by atoms with Gasteiger partial charge in [0.2, 0.25) is 11.9 Å². The molecule has 0 aliphatic carbocycles. The van der Waals surface area contributed by atoms with Crippen molar-refractivity contribution in [2.45, 2.75) is 51.4 Å². The number of fused-ring (bicyclic) bond motifs is 1. The van der Waals surface area contributed by atoms with Crippen LogP contribution in [-0.2, 0) is 11.2 Å². The van der Waals surface area contributed by atoms with Gasteiger partial charge in [-0.2, -0.15) is 0 Å². The fourth-order valence-electron chi connectivity index (χ4n) is 3.58. The minimum absolute atomic E-state index is 0.106. The Morgan fingerprint density at radius 1 is 1.18 bits per heavy atom. The Hall–Kier alpha value is -3.04. The molecule has 4 aromatic rings. The number of anilines is 1. The molecule has 170 valence electrons. The highest BCUT2D eigenvalue weighted by atomic mass is 32.2. The minimum atomic E-state index is -0.525. The Bertz CT molecular complexity index is 1400. The molecular formula is C24H25N5O2S2. The van der Waals surface area contributed by atoms with Crippen LogP contribution in [0.1, 0.15) is 35.4 Å². The van der Waals surface area contributed by atoms with Crippen molar-refractivity contribution in [3.8, 4) is 5.69 Å². The highest BCUT2D eigenvalue weighted by molar-refractivity contribution is 8.00. The monoisotopic (exact) mass is 479 g/mol. The Morgan fingerprint density at radius 3 is 2.58 bits per heavy atom. The van der Waals surface area contributed by atoms with E-state index in [0.717, 1.165) is 33.7 Å². The fraction of sp³-hybridized carbons (Fsp3) is 0.292. The SMILES string of the molecule is CCc1c(C)sc2nc(SC(C)C(=O)Nc3ncccn3)n(-c3ccc(C)c(C)c3)c(=O)c12. The second-order valence-electron chi connectivity index (χ2n) is 7.80. The zero-order valence-corrected chi connectivity index (χ0v) is 20.8. The average Bonchev–Trinajstić information content (AvgIpc) is 3.11. The summed E-state index contributed by atoms with van der Waals surface area (Å²) < 4.78 is 1.63. The number of carbonyl (C=O) groups is 1. The summed E-state index contributed by atoms with van der Waals surface area (Å²) in [5, 5.41) is 3.34. The Balaban J connectivity index is 1.81. The number of benzene rings is 1. The largest absolute Gasteiger partial charge is 0.294 e. The number of amides is 1. The van der Waals surface area contributed by atoms with Crippen molar-refractivity contribution < 1.29 is 4.79 Å². The first-order valence-corrected chi connectivity index (χ1v) is 12.4. The summed E-state index contributed by atoms with van der Waals surface area (Å²) in [6.07, 6.45) is 3.90. The summed E-state index contributed by atoms with van der Waals surface area (Å²) in [5.74, 6) is -0.0184. The number of nitrogens with zero attached hydrogens (tertiary/aromatic N) is 4. The normalized spacial score (nSPS) is 12.2. The van der Waals surface area contributed by atoms with Crippen molar-refractivity contribution in [3.63, 3.8) is 0 Å². The molecule has 33 heavy (non-hydrogen) atoms. The molecule has 0 fully saturated rings. The van der Waals surface area contributed by atoms with Gasteiger partial charge in [-0.3, -0.25) is 19.5 Å². The number of hydrogen-bond donors (Lipinski definition) is 1. The van der Waals surface area contributed by atoms with Crippen LogP contribution < -0.4 is 10.9 Å². The zero-order valence-electron chi connectivity index (χ0n) is 19.2. The summed E-state index contributed by atoms with van der Waals surface area (Å²) in [6.45, 7) is 9.91. The van der Waals surface area contributed by atoms with Crippen LogP contribution in [0.3, 0.4) is 0 Å². The summed E-state index contributed by atoms with van der Waals surface area (Å²) in [7, 11) is 0. The van der Waals surface area contributed by atoms with Gasteiger partial charge in [0.25, 0.3) is 5.56 Å². The molecule has 0 spiro atoms. The van der Waals surface area contributed by atoms with E-state index < -0.39 is 5.25 Å². The molecule has 0 saturated carbocycles. The van der Waals surface area contributed by atoms with Crippen LogP contribution in [0, 0.1) is 20.8 Å². The lowest BCUT2D eigenvalue weighted by molar-refractivity contribution is -0.115. The average molecular weight is 480 g/mol. The summed E-state index contributed by atoms with van der Waals surface area (Å²) in [4.78, 5) is 41.3. The number of thioether (sulfide) groups is 1. The molecule has 0 radical (unpaired) electrons. The van der Waals surface area contributed by atoms with Crippen LogP contribution in [0.5, 0.6) is 0 Å². The first-order chi connectivity index (χ1) is 15.8. The molecular weight excluding hydrogens is 454 g/mol. The Labute approximate surface area is 200 Å². The Morgan fingerprint density at radius 2 is 1.91 bits per heavy atom. The molecule has 3 aromatic heterocycles. The van der Waals surface area contributed by atoms with Crippen LogP contribution in [0.4, 0.5) is 5.95 Å². The van der Waals surface area contributed by atoms with Gasteiger partial charge < -0.3 is 0 Å². The number of hydrogen-bond acceptors (Lipinski definition) is 7. The van der Waals surface area contributed by atoms with E-state index in [4.69, 9.17) is 4.98 Å². The van der Waals surface area contributed by atoms with Gasteiger partial charge >= 0.3 is 0 Å². The molecule has 0 bridgehead atoms. The molecule has 1 aromatic carbocycles. The van der Waals surface area contributed by atoms with Gasteiger partial charge in [-0.1, -0.05) is 24.8 Å². The minimum Gasteiger partial charge on any atom is -0.294 e. The van der Waals surface area contributed by atoms with Crippen molar-refractivity contribution in [2.24, 2.45) is 0 Å². The van der Waals surface area contributed by atoms with Crippen molar-refractivity contribution >= 4 is 45.2 Å². The van der Waals surface area contributed by atoms with E-state index in [2.05, 4.69) is 22.2 Å². The summed E-state index contributed by atoms with van der Waals surface area (Å²) in [6, 6.07) is 7.59. The van der Waals surface area contributed by atoms with Gasteiger partial charge in [-0.25, -0.2) is 15.0 Å². The van der Waals surface area contributed by atoms with E-state index in [-0.39, 0.29) is 17.4 Å². The summed E-state index contributed by atoms with van der Waals surface area (Å²) in [5.41, 5.74) is 3.90. The molecule has 0 aliphatic rings. The molecule has 3 heterocycles. The second kappa shape index (κ2) is 9.44. The van der Waals surface area contributed by atoms with E-state index in [9.17, 15) is 9.59 Å². The van der Waals surface area contributed by atoms with Gasteiger partial charge in [0, 0.05) is 17.3 Å². The first kappa shape index (κ1) is 23.1. The van der Waals surface area contributed by atoms with Crippen molar-refractivity contribution in [3.05, 3.63) is 68.6 Å². The van der Waals surface area contributed by atoms with Gasteiger partial charge in [0.05, 0.1) is 16.3 Å². The highest BCUT2D eigenvalue weighted by Gasteiger charge is 2.23. The van der Waals surface area contributed by atoms with Crippen LogP contribution >= 0.6 is 23.1 Å². The Kier molecular flexibility index (Phi) is 6.62. The molecule has 4 rings (SSSR count). The highest BCUT2D eigenvalue weighted by Crippen LogP contribution is 2.32. The van der Waals surface area contributed by atoms with Gasteiger partial charge in [0.1, 0.15) is 4.83 Å². The number of nitrogens with one attached hydrogen (secondary N) is 1. The smallest absolute Gasteiger partial charge is 0.267 e. The van der Waals surface area contributed by atoms with Crippen molar-refractivity contribution in [1.29, 1.82) is 0 Å². The topological polar surface area (TPSA) is 89.8 Å².